The average molecular weight is 304 g/mol. The number of amides is 2. The number of primary amides is 1. The van der Waals surface area contributed by atoms with Crippen LogP contribution in [-0.4, -0.2) is 22.3 Å². The Bertz CT molecular complexity index is 715. The number of nitrogens with zero attached hydrogens (tertiary/aromatic N) is 1. The number of furan rings is 1. The topological polar surface area (TPSA) is 88.9 Å². The Hall–Kier alpha value is -2.98. The maximum atomic E-state index is 12.8. The molecule has 2 amide bonds. The molecule has 3 N–H and O–H groups in total. The van der Waals surface area contributed by atoms with E-state index >= 15 is 0 Å². The van der Waals surface area contributed by atoms with Crippen LogP contribution in [0.5, 0.6) is 11.5 Å². The number of ether oxygens (including phenoxy) is 1. The number of hydrogen-bond donors (Lipinski definition) is 2. The van der Waals surface area contributed by atoms with Crippen molar-refractivity contribution in [2.75, 3.05) is 0 Å². The summed E-state index contributed by atoms with van der Waals surface area (Å²) >= 11 is 0. The van der Waals surface area contributed by atoms with Crippen LogP contribution in [-0.2, 0) is 0 Å². The minimum Gasteiger partial charge on any atom is -0.453 e. The lowest BCUT2D eigenvalue weighted by Gasteiger charge is -2.14. The summed E-state index contributed by atoms with van der Waals surface area (Å²) in [4.78, 5) is 10.8. The number of hydrogen-bond acceptors (Lipinski definition) is 4. The summed E-state index contributed by atoms with van der Waals surface area (Å²) in [5.74, 6) is 5.80. The number of carbonyl (C=O) groups excluding carboxylic acids is 1. The highest BCUT2D eigenvalue weighted by Gasteiger charge is 2.13. The zero-order valence-corrected chi connectivity index (χ0v) is 11.6. The van der Waals surface area contributed by atoms with Gasteiger partial charge in [0.05, 0.1) is 6.26 Å². The van der Waals surface area contributed by atoms with E-state index in [9.17, 15) is 14.4 Å². The number of urea groups is 1. The zero-order chi connectivity index (χ0) is 16.1. The van der Waals surface area contributed by atoms with E-state index in [1.807, 2.05) is 0 Å². The quantitative estimate of drug-likeness (QED) is 0.518. The normalized spacial score (nSPS) is 11.2. The largest absolute Gasteiger partial charge is 0.453 e. The smallest absolute Gasteiger partial charge is 0.339 e. The molecule has 1 atom stereocenters. The molecule has 2 aromatic rings. The van der Waals surface area contributed by atoms with E-state index < -0.39 is 12.1 Å². The number of benzene rings is 1. The van der Waals surface area contributed by atoms with Gasteiger partial charge < -0.3 is 14.9 Å². The maximum absolute atomic E-state index is 12.8. The molecule has 1 heterocycles. The molecule has 22 heavy (non-hydrogen) atoms. The molecule has 1 aromatic carbocycles. The second-order valence-corrected chi connectivity index (χ2v) is 4.30. The fraction of sp³-hybridized carbons (Fsp3) is 0.133. The highest BCUT2D eigenvalue weighted by molar-refractivity contribution is 5.71. The molecule has 1 unspecified atom stereocenters. The van der Waals surface area contributed by atoms with Crippen LogP contribution >= 0.6 is 0 Å². The third-order valence-corrected chi connectivity index (χ3v) is 2.66. The molecule has 114 valence electrons. The van der Waals surface area contributed by atoms with Gasteiger partial charge in [0.2, 0.25) is 5.76 Å². The van der Waals surface area contributed by atoms with Gasteiger partial charge in [-0.1, -0.05) is 5.92 Å². The number of halogens is 1. The van der Waals surface area contributed by atoms with E-state index in [1.165, 1.54) is 37.5 Å². The van der Waals surface area contributed by atoms with Crippen LogP contribution in [0.15, 0.2) is 41.0 Å². The second-order valence-electron chi connectivity index (χ2n) is 4.30. The number of hydroxylamine groups is 2. The molecule has 2 rings (SSSR count). The average Bonchev–Trinajstić information content (AvgIpc) is 2.93. The summed E-state index contributed by atoms with van der Waals surface area (Å²) in [5.41, 5.74) is 4.92. The van der Waals surface area contributed by atoms with E-state index in [4.69, 9.17) is 14.9 Å². The first kappa shape index (κ1) is 15.4. The second kappa shape index (κ2) is 6.65. The molecule has 0 fully saturated rings. The van der Waals surface area contributed by atoms with Gasteiger partial charge in [-0.25, -0.2) is 9.18 Å². The van der Waals surface area contributed by atoms with Crippen LogP contribution in [0.2, 0.25) is 0 Å². The van der Waals surface area contributed by atoms with Crippen molar-refractivity contribution in [3.05, 3.63) is 48.2 Å². The molecule has 0 aliphatic heterocycles. The van der Waals surface area contributed by atoms with Crippen LogP contribution in [0.1, 0.15) is 12.7 Å². The summed E-state index contributed by atoms with van der Waals surface area (Å²) < 4.78 is 23.5. The SMILES string of the molecule is CC(C#Cc1occc1Oc1ccc(F)cc1)N(O)C(N)=O. The Labute approximate surface area is 125 Å². The third kappa shape index (κ3) is 3.77. The van der Waals surface area contributed by atoms with Crippen molar-refractivity contribution in [1.29, 1.82) is 0 Å². The van der Waals surface area contributed by atoms with Crippen molar-refractivity contribution in [3.8, 4) is 23.3 Å². The van der Waals surface area contributed by atoms with Crippen LogP contribution in [0.4, 0.5) is 9.18 Å². The first-order valence-electron chi connectivity index (χ1n) is 6.27. The highest BCUT2D eigenvalue weighted by atomic mass is 19.1. The molecule has 1 aromatic heterocycles. The van der Waals surface area contributed by atoms with Crippen molar-refractivity contribution >= 4 is 6.03 Å². The minimum absolute atomic E-state index is 0.203. The van der Waals surface area contributed by atoms with Crippen LogP contribution in [0, 0.1) is 17.7 Å². The monoisotopic (exact) mass is 304 g/mol. The molecule has 7 heteroatoms. The molecular weight excluding hydrogens is 291 g/mol. The molecule has 0 spiro atoms. The van der Waals surface area contributed by atoms with Gasteiger partial charge in [-0.05, 0) is 37.1 Å². The Morgan fingerprint density at radius 1 is 1.41 bits per heavy atom. The number of rotatable bonds is 3. The van der Waals surface area contributed by atoms with Gasteiger partial charge in [0, 0.05) is 6.07 Å². The summed E-state index contributed by atoms with van der Waals surface area (Å²) in [6, 6.07) is 5.17. The van der Waals surface area contributed by atoms with Gasteiger partial charge in [0.1, 0.15) is 17.6 Å². The molecule has 0 aliphatic carbocycles. The van der Waals surface area contributed by atoms with Crippen molar-refractivity contribution in [1.82, 2.24) is 5.06 Å². The summed E-state index contributed by atoms with van der Waals surface area (Å²) in [5, 5.41) is 9.62. The van der Waals surface area contributed by atoms with E-state index in [0.29, 0.717) is 16.6 Å². The Balaban J connectivity index is 2.13. The lowest BCUT2D eigenvalue weighted by atomic mass is 10.3. The van der Waals surface area contributed by atoms with Gasteiger partial charge in [-0.15, -0.1) is 0 Å². The van der Waals surface area contributed by atoms with Crippen molar-refractivity contribution in [3.63, 3.8) is 0 Å². The molecule has 0 aliphatic rings. The van der Waals surface area contributed by atoms with E-state index in [2.05, 4.69) is 11.8 Å². The van der Waals surface area contributed by atoms with Crippen LogP contribution in [0.25, 0.3) is 0 Å². The summed E-state index contributed by atoms with van der Waals surface area (Å²) in [6.07, 6.45) is 1.37. The Morgan fingerprint density at radius 2 is 2.09 bits per heavy atom. The van der Waals surface area contributed by atoms with Gasteiger partial charge >= 0.3 is 6.03 Å². The van der Waals surface area contributed by atoms with E-state index in [-0.39, 0.29) is 11.6 Å². The molecule has 6 nitrogen and oxygen atoms in total. The Morgan fingerprint density at radius 3 is 2.73 bits per heavy atom. The lowest BCUT2D eigenvalue weighted by molar-refractivity contribution is -0.0536. The van der Waals surface area contributed by atoms with Crippen molar-refractivity contribution in [2.45, 2.75) is 13.0 Å². The molecular formula is C15H13FN2O4. The van der Waals surface area contributed by atoms with Gasteiger partial charge in [-0.2, -0.15) is 5.06 Å². The predicted octanol–water partition coefficient (Wildman–Crippen LogP) is 2.72. The first-order chi connectivity index (χ1) is 10.5. The highest BCUT2D eigenvalue weighted by Crippen LogP contribution is 2.25. The maximum Gasteiger partial charge on any atom is 0.339 e. The van der Waals surface area contributed by atoms with Gasteiger partial charge in [0.25, 0.3) is 0 Å². The molecule has 0 saturated carbocycles. The van der Waals surface area contributed by atoms with Crippen LogP contribution in [0.3, 0.4) is 0 Å². The predicted molar refractivity (Wildman–Crippen MR) is 74.7 cm³/mol. The third-order valence-electron chi connectivity index (χ3n) is 2.66. The number of carbonyl (C=O) groups is 1. The van der Waals surface area contributed by atoms with Crippen molar-refractivity contribution < 1.29 is 23.5 Å². The first-order valence-corrected chi connectivity index (χ1v) is 6.27. The minimum atomic E-state index is -1.01. The summed E-state index contributed by atoms with van der Waals surface area (Å²) in [7, 11) is 0. The molecule has 0 saturated heterocycles. The lowest BCUT2D eigenvalue weighted by Crippen LogP contribution is -2.38. The van der Waals surface area contributed by atoms with Crippen LogP contribution < -0.4 is 10.5 Å². The fourth-order valence-corrected chi connectivity index (χ4v) is 1.52. The molecule has 0 radical (unpaired) electrons. The molecule has 0 bridgehead atoms. The van der Waals surface area contributed by atoms with E-state index in [0.717, 1.165) is 0 Å². The summed E-state index contributed by atoms with van der Waals surface area (Å²) in [6.45, 7) is 1.49. The zero-order valence-electron chi connectivity index (χ0n) is 11.6. The number of nitrogens with two attached hydrogens (primary N) is 1. The Kier molecular flexibility index (Phi) is 4.66. The van der Waals surface area contributed by atoms with Gasteiger partial charge in [-0.3, -0.25) is 5.21 Å². The van der Waals surface area contributed by atoms with Gasteiger partial charge in [0.15, 0.2) is 5.75 Å². The standard InChI is InChI=1S/C15H13FN2O4/c1-10(18(20)15(17)19)2-7-13-14(8-9-21-13)22-12-5-3-11(16)4-6-12/h3-6,8-10,20H,1H3,(H2,17,19). The van der Waals surface area contributed by atoms with Crippen molar-refractivity contribution in [2.24, 2.45) is 5.73 Å². The van der Waals surface area contributed by atoms with E-state index in [1.54, 1.807) is 6.07 Å². The fourth-order valence-electron chi connectivity index (χ4n) is 1.52.